The molecule has 0 aromatic heterocycles. The van der Waals surface area contributed by atoms with Crippen LogP contribution in [-0.2, 0) is 0 Å². The van der Waals surface area contributed by atoms with Gasteiger partial charge in [-0.15, -0.1) is 0 Å². The summed E-state index contributed by atoms with van der Waals surface area (Å²) in [5.41, 5.74) is 0. The first-order chi connectivity index (χ1) is 9.47. The average Bonchev–Trinajstić information content (AvgIpc) is 2.67. The van der Waals surface area contributed by atoms with Gasteiger partial charge in [-0.05, 0) is 44.9 Å². The van der Waals surface area contributed by atoms with Gasteiger partial charge in [-0.25, -0.2) is 0 Å². The lowest BCUT2D eigenvalue weighted by Gasteiger charge is -2.35. The van der Waals surface area contributed by atoms with Crippen LogP contribution in [0.4, 0.5) is 13.2 Å². The van der Waals surface area contributed by atoms with Gasteiger partial charge in [-0.2, -0.15) is 13.2 Å². The first kappa shape index (κ1) is 16.1. The number of hydrogen-bond acceptors (Lipinski definition) is 1. The van der Waals surface area contributed by atoms with Crippen LogP contribution in [0.25, 0.3) is 0 Å². The van der Waals surface area contributed by atoms with E-state index in [2.05, 4.69) is 12.2 Å². The zero-order chi connectivity index (χ0) is 14.6. The Morgan fingerprint density at radius 3 is 2.15 bits per heavy atom. The standard InChI is InChI=1S/C16H28F3N/c1-12(13-7-4-2-3-5-8-13)20-15-10-6-9-14(11-15)16(17,18)19/h12-15,20H,2-11H2,1H3/t12-,14?,15?/m1/s1. The SMILES string of the molecule is C[C@@H](NC1CCCC(C(F)(F)F)C1)C1CCCCCC1. The normalized spacial score (nSPS) is 31.8. The Balaban J connectivity index is 1.82. The van der Waals surface area contributed by atoms with Crippen LogP contribution in [0.2, 0.25) is 0 Å². The first-order valence-electron chi connectivity index (χ1n) is 8.29. The highest BCUT2D eigenvalue weighted by atomic mass is 19.4. The number of alkyl halides is 3. The quantitative estimate of drug-likeness (QED) is 0.717. The molecule has 2 aliphatic rings. The lowest BCUT2D eigenvalue weighted by Crippen LogP contribution is -2.45. The number of nitrogens with one attached hydrogen (secondary N) is 1. The van der Waals surface area contributed by atoms with E-state index in [1.807, 2.05) is 0 Å². The summed E-state index contributed by atoms with van der Waals surface area (Å²) in [5.74, 6) is -0.432. The van der Waals surface area contributed by atoms with Gasteiger partial charge in [-0.3, -0.25) is 0 Å². The summed E-state index contributed by atoms with van der Waals surface area (Å²) in [5, 5.41) is 3.52. The fourth-order valence-corrected chi connectivity index (χ4v) is 3.96. The lowest BCUT2D eigenvalue weighted by atomic mass is 9.84. The van der Waals surface area contributed by atoms with E-state index in [0.29, 0.717) is 24.8 Å². The Labute approximate surface area is 120 Å². The predicted octanol–water partition coefficient (Wildman–Crippen LogP) is 5.06. The van der Waals surface area contributed by atoms with E-state index in [9.17, 15) is 13.2 Å². The molecule has 0 amide bonds. The summed E-state index contributed by atoms with van der Waals surface area (Å²) < 4.78 is 38.5. The van der Waals surface area contributed by atoms with Crippen LogP contribution in [0.15, 0.2) is 0 Å². The van der Waals surface area contributed by atoms with E-state index >= 15 is 0 Å². The van der Waals surface area contributed by atoms with Gasteiger partial charge in [0, 0.05) is 12.1 Å². The van der Waals surface area contributed by atoms with Gasteiger partial charge in [-0.1, -0.05) is 32.1 Å². The minimum atomic E-state index is -4.01. The summed E-state index contributed by atoms with van der Waals surface area (Å²) in [6.45, 7) is 2.17. The monoisotopic (exact) mass is 291 g/mol. The fourth-order valence-electron chi connectivity index (χ4n) is 3.96. The van der Waals surface area contributed by atoms with Gasteiger partial charge in [0.15, 0.2) is 0 Å². The van der Waals surface area contributed by atoms with E-state index in [1.165, 1.54) is 38.5 Å². The molecular weight excluding hydrogens is 263 g/mol. The van der Waals surface area contributed by atoms with Crippen molar-refractivity contribution in [2.75, 3.05) is 0 Å². The lowest BCUT2D eigenvalue weighted by molar-refractivity contribution is -0.184. The molecule has 0 heterocycles. The van der Waals surface area contributed by atoms with Crippen molar-refractivity contribution in [3.05, 3.63) is 0 Å². The summed E-state index contributed by atoms with van der Waals surface area (Å²) in [7, 11) is 0. The molecule has 0 spiro atoms. The van der Waals surface area contributed by atoms with Crippen molar-refractivity contribution in [1.29, 1.82) is 0 Å². The van der Waals surface area contributed by atoms with Crippen LogP contribution in [0.5, 0.6) is 0 Å². The first-order valence-corrected chi connectivity index (χ1v) is 8.29. The minimum absolute atomic E-state index is 0.0635. The smallest absolute Gasteiger partial charge is 0.311 e. The second kappa shape index (κ2) is 7.15. The molecule has 0 radical (unpaired) electrons. The molecule has 2 aliphatic carbocycles. The molecule has 0 aromatic carbocycles. The van der Waals surface area contributed by atoms with Crippen molar-refractivity contribution in [2.45, 2.75) is 89.4 Å². The summed E-state index contributed by atoms with van der Waals surface area (Å²) in [4.78, 5) is 0. The molecule has 2 rings (SSSR count). The van der Waals surface area contributed by atoms with Gasteiger partial charge in [0.25, 0.3) is 0 Å². The summed E-state index contributed by atoms with van der Waals surface area (Å²) >= 11 is 0. The van der Waals surface area contributed by atoms with E-state index in [1.54, 1.807) is 0 Å². The second-order valence-corrected chi connectivity index (χ2v) is 6.81. The number of rotatable bonds is 3. The predicted molar refractivity (Wildman–Crippen MR) is 75.6 cm³/mol. The Bertz CT molecular complexity index is 282. The minimum Gasteiger partial charge on any atom is -0.311 e. The van der Waals surface area contributed by atoms with Crippen molar-refractivity contribution in [1.82, 2.24) is 5.32 Å². The summed E-state index contributed by atoms with van der Waals surface area (Å²) in [6, 6.07) is 0.429. The third kappa shape index (κ3) is 4.64. The molecule has 3 atom stereocenters. The van der Waals surface area contributed by atoms with Gasteiger partial charge in [0.1, 0.15) is 0 Å². The molecule has 0 aromatic rings. The maximum absolute atomic E-state index is 12.8. The molecule has 2 saturated carbocycles. The van der Waals surface area contributed by atoms with Crippen LogP contribution in [-0.4, -0.2) is 18.3 Å². The van der Waals surface area contributed by atoms with Crippen molar-refractivity contribution in [3.8, 4) is 0 Å². The molecule has 2 unspecified atom stereocenters. The molecular formula is C16H28F3N. The van der Waals surface area contributed by atoms with Crippen LogP contribution in [0.3, 0.4) is 0 Å². The summed E-state index contributed by atoms with van der Waals surface area (Å²) in [6.07, 6.45) is 5.90. The third-order valence-corrected chi connectivity index (χ3v) is 5.24. The van der Waals surface area contributed by atoms with Gasteiger partial charge < -0.3 is 5.32 Å². The molecule has 0 aliphatic heterocycles. The zero-order valence-corrected chi connectivity index (χ0v) is 12.5. The molecule has 20 heavy (non-hydrogen) atoms. The van der Waals surface area contributed by atoms with Crippen LogP contribution in [0, 0.1) is 11.8 Å². The molecule has 118 valence electrons. The average molecular weight is 291 g/mol. The highest BCUT2D eigenvalue weighted by Crippen LogP contribution is 2.38. The zero-order valence-electron chi connectivity index (χ0n) is 12.5. The van der Waals surface area contributed by atoms with E-state index < -0.39 is 12.1 Å². The highest BCUT2D eigenvalue weighted by Gasteiger charge is 2.42. The van der Waals surface area contributed by atoms with Crippen molar-refractivity contribution >= 4 is 0 Å². The maximum atomic E-state index is 12.8. The Morgan fingerprint density at radius 2 is 1.55 bits per heavy atom. The molecule has 4 heteroatoms. The Hall–Kier alpha value is -0.250. The Kier molecular flexibility index (Phi) is 5.76. The number of hydrogen-bond donors (Lipinski definition) is 1. The topological polar surface area (TPSA) is 12.0 Å². The molecule has 1 N–H and O–H groups in total. The number of halogens is 3. The third-order valence-electron chi connectivity index (χ3n) is 5.24. The second-order valence-electron chi connectivity index (χ2n) is 6.81. The van der Waals surface area contributed by atoms with Crippen LogP contribution in [0.1, 0.15) is 71.1 Å². The van der Waals surface area contributed by atoms with Gasteiger partial charge in [0.05, 0.1) is 5.92 Å². The Morgan fingerprint density at radius 1 is 0.900 bits per heavy atom. The van der Waals surface area contributed by atoms with Gasteiger partial charge >= 0.3 is 6.18 Å². The molecule has 0 bridgehead atoms. The van der Waals surface area contributed by atoms with Gasteiger partial charge in [0.2, 0.25) is 0 Å². The van der Waals surface area contributed by atoms with Crippen LogP contribution >= 0.6 is 0 Å². The maximum Gasteiger partial charge on any atom is 0.391 e. The highest BCUT2D eigenvalue weighted by molar-refractivity contribution is 4.85. The van der Waals surface area contributed by atoms with E-state index in [0.717, 1.165) is 6.42 Å². The fraction of sp³-hybridized carbons (Fsp3) is 1.00. The van der Waals surface area contributed by atoms with Crippen molar-refractivity contribution in [3.63, 3.8) is 0 Å². The molecule has 0 saturated heterocycles. The largest absolute Gasteiger partial charge is 0.391 e. The molecule has 2 fully saturated rings. The molecule has 1 nitrogen and oxygen atoms in total. The van der Waals surface area contributed by atoms with Crippen molar-refractivity contribution in [2.24, 2.45) is 11.8 Å². The van der Waals surface area contributed by atoms with Crippen LogP contribution < -0.4 is 5.32 Å². The van der Waals surface area contributed by atoms with E-state index in [4.69, 9.17) is 0 Å². The van der Waals surface area contributed by atoms with E-state index in [-0.39, 0.29) is 12.5 Å². The van der Waals surface area contributed by atoms with Crippen molar-refractivity contribution < 1.29 is 13.2 Å².